The smallest absolute Gasteiger partial charge is 0.348 e. The van der Waals surface area contributed by atoms with Gasteiger partial charge in [0.25, 0.3) is 5.60 Å². The molecule has 1 fully saturated rings. The molecule has 0 unspecified atom stereocenters. The second-order valence-corrected chi connectivity index (χ2v) is 10.7. The van der Waals surface area contributed by atoms with Crippen LogP contribution in [0.25, 0.3) is 11.2 Å². The van der Waals surface area contributed by atoms with Gasteiger partial charge in [-0.15, -0.1) is 0 Å². The number of benzene rings is 1. The summed E-state index contributed by atoms with van der Waals surface area (Å²) in [4.78, 5) is 41.5. The van der Waals surface area contributed by atoms with Crippen molar-refractivity contribution in [3.8, 4) is 0 Å². The number of carbonyl (C=O) groups is 2. The maximum Gasteiger partial charge on any atom is 0.348 e. The number of aliphatic carboxylic acids is 2. The summed E-state index contributed by atoms with van der Waals surface area (Å²) in [5.41, 5.74) is -3.08. The number of ether oxygens (including phenoxy) is 2. The number of hydrogen-bond acceptors (Lipinski definition) is 11. The molecule has 4 atom stereocenters. The molecule has 0 bridgehead atoms. The monoisotopic (exact) mass is 624 g/mol. The van der Waals surface area contributed by atoms with Crippen molar-refractivity contribution in [3.05, 3.63) is 89.7 Å². The molecular weight excluding hydrogens is 596 g/mol. The molecule has 1 saturated heterocycles. The fourth-order valence-corrected chi connectivity index (χ4v) is 5.23. The minimum atomic E-state index is -2.72. The number of carboxylic acid groups (broad SMARTS) is 2. The highest BCUT2D eigenvalue weighted by atomic mass is 35.5. The van der Waals surface area contributed by atoms with Crippen molar-refractivity contribution in [3.63, 3.8) is 0 Å². The average molecular weight is 625 g/mol. The fourth-order valence-electron chi connectivity index (χ4n) is 5.07. The zero-order valence-corrected chi connectivity index (χ0v) is 24.1. The molecule has 0 radical (unpaired) electrons. The first-order valence-corrected chi connectivity index (χ1v) is 13.7. The molecular formula is C29H29ClN6O8. The highest BCUT2D eigenvalue weighted by Crippen LogP contribution is 2.43. The van der Waals surface area contributed by atoms with Crippen LogP contribution in [0.5, 0.6) is 0 Å². The Morgan fingerprint density at radius 2 is 1.82 bits per heavy atom. The van der Waals surface area contributed by atoms with Gasteiger partial charge in [-0.05, 0) is 47.4 Å². The topological polar surface area (TPSA) is 202 Å². The quantitative estimate of drug-likeness (QED) is 0.0873. The average Bonchev–Trinajstić information content (AvgIpc) is 3.53. The standard InChI is InChI=1S/C29H29ClN6O8/c1-16(2)29(42)19(14-43-28(25(38)39,26(40)41)12-17-6-4-3-5-7-17)44-24(21(29)37)36-15-33-20-22(34-27(30)35-23(20)36)32-13-18-8-10-31-11-9-18/h3-11,15,19,21,24,37,42H,1,12-14H2,2H3,(H,38,39)(H,40,41)(H,32,34,35)/t19-,21+,24-,29-/m1/s1. The third-order valence-corrected chi connectivity index (χ3v) is 7.71. The Kier molecular flexibility index (Phi) is 8.63. The Balaban J connectivity index is 1.45. The fraction of sp³-hybridized carbons (Fsp3) is 0.310. The normalized spacial score (nSPS) is 21.8. The number of hydrogen-bond donors (Lipinski definition) is 5. The Morgan fingerprint density at radius 1 is 1.14 bits per heavy atom. The molecule has 0 spiro atoms. The largest absolute Gasteiger partial charge is 0.479 e. The van der Waals surface area contributed by atoms with Crippen LogP contribution in [0.4, 0.5) is 5.82 Å². The maximum absolute atomic E-state index is 12.3. The number of nitrogens with zero attached hydrogens (tertiary/aromatic N) is 5. The van der Waals surface area contributed by atoms with Gasteiger partial charge >= 0.3 is 11.9 Å². The molecule has 1 aliphatic rings. The number of anilines is 1. The van der Waals surface area contributed by atoms with Crippen LogP contribution in [0, 0.1) is 0 Å². The van der Waals surface area contributed by atoms with Gasteiger partial charge in [-0.1, -0.05) is 36.9 Å². The number of pyridine rings is 1. The highest BCUT2D eigenvalue weighted by molar-refractivity contribution is 6.28. The van der Waals surface area contributed by atoms with Crippen LogP contribution in [-0.2, 0) is 32.0 Å². The van der Waals surface area contributed by atoms with E-state index in [2.05, 4.69) is 31.8 Å². The minimum absolute atomic E-state index is 0.0668. The first-order chi connectivity index (χ1) is 21.0. The van der Waals surface area contributed by atoms with Crippen LogP contribution >= 0.6 is 11.6 Å². The summed E-state index contributed by atoms with van der Waals surface area (Å²) >= 11 is 6.23. The second kappa shape index (κ2) is 12.3. The van der Waals surface area contributed by atoms with E-state index in [9.17, 15) is 30.0 Å². The predicted octanol–water partition coefficient (Wildman–Crippen LogP) is 2.22. The van der Waals surface area contributed by atoms with Gasteiger partial charge in [0.15, 0.2) is 23.2 Å². The number of aromatic nitrogens is 5. The molecule has 230 valence electrons. The molecule has 0 saturated carbocycles. The predicted molar refractivity (Wildman–Crippen MR) is 156 cm³/mol. The van der Waals surface area contributed by atoms with Gasteiger partial charge in [0.05, 0.1) is 12.9 Å². The summed E-state index contributed by atoms with van der Waals surface area (Å²) in [7, 11) is 0. The number of aliphatic hydroxyl groups is 2. The number of carboxylic acids is 2. The first kappa shape index (κ1) is 31.0. The molecule has 5 rings (SSSR count). The number of aliphatic hydroxyl groups excluding tert-OH is 1. The molecule has 0 amide bonds. The second-order valence-electron chi connectivity index (χ2n) is 10.4. The van der Waals surface area contributed by atoms with E-state index in [1.165, 1.54) is 17.8 Å². The lowest BCUT2D eigenvalue weighted by molar-refractivity contribution is -0.191. The zero-order valence-electron chi connectivity index (χ0n) is 23.4. The Hall–Kier alpha value is -4.47. The van der Waals surface area contributed by atoms with Gasteiger partial charge < -0.3 is 35.2 Å². The molecule has 5 N–H and O–H groups in total. The molecule has 14 nitrogen and oxygen atoms in total. The van der Waals surface area contributed by atoms with E-state index in [4.69, 9.17) is 21.1 Å². The number of nitrogens with one attached hydrogen (secondary N) is 1. The molecule has 44 heavy (non-hydrogen) atoms. The summed E-state index contributed by atoms with van der Waals surface area (Å²) in [5.74, 6) is -3.20. The van der Waals surface area contributed by atoms with Gasteiger partial charge in [0.2, 0.25) is 5.28 Å². The van der Waals surface area contributed by atoms with E-state index in [1.807, 2.05) is 12.1 Å². The minimum Gasteiger partial charge on any atom is -0.479 e. The van der Waals surface area contributed by atoms with E-state index >= 15 is 0 Å². The van der Waals surface area contributed by atoms with Crippen LogP contribution in [-0.4, -0.2) is 86.9 Å². The maximum atomic E-state index is 12.3. The lowest BCUT2D eigenvalue weighted by atomic mass is 9.85. The number of rotatable bonds is 12. The Labute approximate surface area is 255 Å². The Bertz CT molecular complexity index is 1670. The van der Waals surface area contributed by atoms with Crippen molar-refractivity contribution in [2.24, 2.45) is 0 Å². The van der Waals surface area contributed by atoms with Crippen molar-refractivity contribution in [2.45, 2.75) is 49.5 Å². The van der Waals surface area contributed by atoms with Crippen LogP contribution in [0.2, 0.25) is 5.28 Å². The molecule has 1 aliphatic heterocycles. The summed E-state index contributed by atoms with van der Waals surface area (Å²) in [6, 6.07) is 11.7. The van der Waals surface area contributed by atoms with Crippen molar-refractivity contribution in [1.29, 1.82) is 0 Å². The lowest BCUT2D eigenvalue weighted by Crippen LogP contribution is -2.55. The molecule has 1 aromatic carbocycles. The summed E-state index contributed by atoms with van der Waals surface area (Å²) in [5, 5.41) is 46.0. The van der Waals surface area contributed by atoms with E-state index < -0.39 is 54.6 Å². The van der Waals surface area contributed by atoms with Crippen LogP contribution in [0.15, 0.2) is 73.3 Å². The van der Waals surface area contributed by atoms with Crippen LogP contribution in [0.1, 0.15) is 24.3 Å². The zero-order chi connectivity index (χ0) is 31.6. The highest BCUT2D eigenvalue weighted by Gasteiger charge is 2.58. The van der Waals surface area contributed by atoms with Gasteiger partial charge in [0, 0.05) is 25.4 Å². The summed E-state index contributed by atoms with van der Waals surface area (Å²) in [6.07, 6.45) is -0.383. The Morgan fingerprint density at radius 3 is 2.45 bits per heavy atom. The van der Waals surface area contributed by atoms with Crippen LogP contribution in [0.3, 0.4) is 0 Å². The van der Waals surface area contributed by atoms with Crippen molar-refractivity contribution >= 4 is 40.5 Å². The van der Waals surface area contributed by atoms with Gasteiger partial charge in [-0.3, -0.25) is 9.55 Å². The third-order valence-electron chi connectivity index (χ3n) is 7.54. The van der Waals surface area contributed by atoms with Crippen LogP contribution < -0.4 is 5.32 Å². The van der Waals surface area contributed by atoms with Gasteiger partial charge in [-0.25, -0.2) is 14.6 Å². The van der Waals surface area contributed by atoms with Crippen molar-refractivity contribution in [2.75, 3.05) is 11.9 Å². The van der Waals surface area contributed by atoms with E-state index in [0.717, 1.165) is 5.56 Å². The number of imidazole rings is 1. The molecule has 0 aliphatic carbocycles. The van der Waals surface area contributed by atoms with Gasteiger partial charge in [0.1, 0.15) is 17.8 Å². The first-order valence-electron chi connectivity index (χ1n) is 13.4. The number of halogens is 1. The molecule has 3 aromatic heterocycles. The lowest BCUT2D eigenvalue weighted by Gasteiger charge is -2.33. The third kappa shape index (κ3) is 5.60. The van der Waals surface area contributed by atoms with Crippen molar-refractivity contribution < 1.29 is 39.5 Å². The number of fused-ring (bicyclic) bond motifs is 1. The summed E-state index contributed by atoms with van der Waals surface area (Å²) < 4.78 is 13.0. The van der Waals surface area contributed by atoms with Crippen molar-refractivity contribution in [1.82, 2.24) is 24.5 Å². The van der Waals surface area contributed by atoms with E-state index in [-0.39, 0.29) is 22.0 Å². The molecule has 4 aromatic rings. The molecule has 4 heterocycles. The van der Waals surface area contributed by atoms with Gasteiger partial charge in [-0.2, -0.15) is 9.97 Å². The van der Waals surface area contributed by atoms with E-state index in [1.54, 1.807) is 42.7 Å². The van der Waals surface area contributed by atoms with E-state index in [0.29, 0.717) is 17.9 Å². The SMILES string of the molecule is C=C(C)[C@@]1(O)[C@@H](COC(Cc2ccccc2)(C(=O)O)C(=O)O)O[C@@H](n2cnc3c(NCc4ccncc4)nc(Cl)nc32)[C@@H]1O. The summed E-state index contributed by atoms with van der Waals surface area (Å²) in [6.45, 7) is 4.87. The molecule has 15 heteroatoms.